The first-order valence-electron chi connectivity index (χ1n) is 5.58. The molecular weight excluding hydrogens is 220 g/mol. The highest BCUT2D eigenvalue weighted by atomic mass is 16.5. The van der Waals surface area contributed by atoms with E-state index in [0.29, 0.717) is 18.8 Å². The number of anilines is 1. The van der Waals surface area contributed by atoms with E-state index >= 15 is 0 Å². The maximum Gasteiger partial charge on any atom is 0.412 e. The van der Waals surface area contributed by atoms with Crippen molar-refractivity contribution in [2.24, 2.45) is 0 Å². The summed E-state index contributed by atoms with van der Waals surface area (Å²) in [5.74, 6) is 0.465. The van der Waals surface area contributed by atoms with E-state index < -0.39 is 6.09 Å². The molecule has 0 aromatic carbocycles. The Hall–Kier alpha value is -1.91. The van der Waals surface area contributed by atoms with Crippen LogP contribution in [0.4, 0.5) is 10.6 Å². The fourth-order valence-corrected chi connectivity index (χ4v) is 1.36. The Labute approximate surface area is 100 Å². The lowest BCUT2D eigenvalue weighted by molar-refractivity contribution is -0.107. The summed E-state index contributed by atoms with van der Waals surface area (Å²) in [6.07, 6.45) is 4.15. The van der Waals surface area contributed by atoms with Gasteiger partial charge in [-0.05, 0) is 37.5 Å². The predicted octanol–water partition coefficient (Wildman–Crippen LogP) is 2.17. The number of unbranched alkanes of at least 4 members (excludes halogenated alkanes) is 1. The van der Waals surface area contributed by atoms with Gasteiger partial charge in [0.05, 0.1) is 6.61 Å². The summed E-state index contributed by atoms with van der Waals surface area (Å²) >= 11 is 0. The van der Waals surface area contributed by atoms with Crippen molar-refractivity contribution in [3.05, 3.63) is 23.9 Å². The SMILES string of the molecule is CCOC(=O)Nc1cc(CCCC=O)ccn1. The Morgan fingerprint density at radius 1 is 1.59 bits per heavy atom. The van der Waals surface area contributed by atoms with Crippen molar-refractivity contribution in [3.63, 3.8) is 0 Å². The Morgan fingerprint density at radius 2 is 2.41 bits per heavy atom. The topological polar surface area (TPSA) is 68.3 Å². The van der Waals surface area contributed by atoms with Crippen LogP contribution in [0.15, 0.2) is 18.3 Å². The third-order valence-corrected chi connectivity index (χ3v) is 2.12. The molecule has 0 aliphatic rings. The van der Waals surface area contributed by atoms with Crippen LogP contribution in [0.1, 0.15) is 25.3 Å². The summed E-state index contributed by atoms with van der Waals surface area (Å²) in [6, 6.07) is 3.64. The zero-order chi connectivity index (χ0) is 12.5. The maximum absolute atomic E-state index is 11.2. The monoisotopic (exact) mass is 236 g/mol. The van der Waals surface area contributed by atoms with Crippen LogP contribution in [0.2, 0.25) is 0 Å². The minimum absolute atomic E-state index is 0.324. The van der Waals surface area contributed by atoms with Gasteiger partial charge in [-0.25, -0.2) is 9.78 Å². The normalized spacial score (nSPS) is 9.71. The molecule has 1 heterocycles. The minimum atomic E-state index is -0.509. The molecule has 0 bridgehead atoms. The summed E-state index contributed by atoms with van der Waals surface area (Å²) in [7, 11) is 0. The third-order valence-electron chi connectivity index (χ3n) is 2.12. The first-order valence-corrected chi connectivity index (χ1v) is 5.58. The molecule has 17 heavy (non-hydrogen) atoms. The fraction of sp³-hybridized carbons (Fsp3) is 0.417. The van der Waals surface area contributed by atoms with Crippen LogP contribution in [-0.2, 0) is 16.0 Å². The van der Waals surface area contributed by atoms with E-state index in [-0.39, 0.29) is 0 Å². The van der Waals surface area contributed by atoms with Crippen molar-refractivity contribution in [3.8, 4) is 0 Å². The standard InChI is InChI=1S/C12H16N2O3/c1-2-17-12(16)14-11-9-10(6-7-13-11)5-3-4-8-15/h6-9H,2-5H2,1H3,(H,13,14,16). The van der Waals surface area contributed by atoms with E-state index in [0.717, 1.165) is 24.7 Å². The van der Waals surface area contributed by atoms with E-state index in [1.54, 1.807) is 19.2 Å². The predicted molar refractivity (Wildman–Crippen MR) is 63.9 cm³/mol. The first kappa shape index (κ1) is 13.2. The number of aromatic nitrogens is 1. The summed E-state index contributed by atoms with van der Waals surface area (Å²) in [6.45, 7) is 2.06. The number of pyridine rings is 1. The zero-order valence-corrected chi connectivity index (χ0v) is 9.81. The van der Waals surface area contributed by atoms with Gasteiger partial charge in [-0.15, -0.1) is 0 Å². The van der Waals surface area contributed by atoms with E-state index in [2.05, 4.69) is 10.3 Å². The molecule has 0 spiro atoms. The van der Waals surface area contributed by atoms with Gasteiger partial charge < -0.3 is 9.53 Å². The quantitative estimate of drug-likeness (QED) is 0.607. The Balaban J connectivity index is 2.53. The van der Waals surface area contributed by atoms with Gasteiger partial charge in [0.1, 0.15) is 12.1 Å². The second kappa shape index (κ2) is 7.38. The molecule has 1 aromatic heterocycles. The number of hydrogen-bond acceptors (Lipinski definition) is 4. The van der Waals surface area contributed by atoms with Gasteiger partial charge in [-0.1, -0.05) is 0 Å². The number of aldehydes is 1. The molecule has 5 nitrogen and oxygen atoms in total. The van der Waals surface area contributed by atoms with E-state index in [9.17, 15) is 9.59 Å². The number of hydrogen-bond donors (Lipinski definition) is 1. The number of carbonyl (C=O) groups excluding carboxylic acids is 2. The van der Waals surface area contributed by atoms with Crippen LogP contribution >= 0.6 is 0 Å². The molecule has 1 amide bonds. The third kappa shape index (κ3) is 5.10. The first-order chi connectivity index (χ1) is 8.26. The van der Waals surface area contributed by atoms with E-state index in [1.807, 2.05) is 6.07 Å². The molecule has 92 valence electrons. The molecular formula is C12H16N2O3. The molecule has 0 saturated carbocycles. The Bertz CT molecular complexity index is 380. The zero-order valence-electron chi connectivity index (χ0n) is 9.81. The van der Waals surface area contributed by atoms with Gasteiger partial charge in [-0.3, -0.25) is 5.32 Å². The average Bonchev–Trinajstić information content (AvgIpc) is 2.30. The minimum Gasteiger partial charge on any atom is -0.450 e. The van der Waals surface area contributed by atoms with Crippen LogP contribution < -0.4 is 5.32 Å². The van der Waals surface area contributed by atoms with Crippen molar-refractivity contribution in [1.82, 2.24) is 4.98 Å². The van der Waals surface area contributed by atoms with Gasteiger partial charge in [0.15, 0.2) is 0 Å². The van der Waals surface area contributed by atoms with Crippen LogP contribution in [0, 0.1) is 0 Å². The number of aryl methyl sites for hydroxylation is 1. The van der Waals surface area contributed by atoms with Crippen molar-refractivity contribution in [1.29, 1.82) is 0 Å². The highest BCUT2D eigenvalue weighted by molar-refractivity contribution is 5.83. The van der Waals surface area contributed by atoms with Gasteiger partial charge in [0.2, 0.25) is 0 Å². The molecule has 0 atom stereocenters. The molecule has 0 unspecified atom stereocenters. The second-order valence-corrected chi connectivity index (χ2v) is 3.45. The van der Waals surface area contributed by atoms with Crippen molar-refractivity contribution >= 4 is 18.2 Å². The number of ether oxygens (including phenoxy) is 1. The molecule has 0 saturated heterocycles. The Morgan fingerprint density at radius 3 is 3.12 bits per heavy atom. The number of amides is 1. The summed E-state index contributed by atoms with van der Waals surface area (Å²) < 4.78 is 4.75. The number of rotatable bonds is 6. The lowest BCUT2D eigenvalue weighted by atomic mass is 10.1. The van der Waals surface area contributed by atoms with Crippen molar-refractivity contribution in [2.45, 2.75) is 26.2 Å². The highest BCUT2D eigenvalue weighted by Gasteiger charge is 2.03. The fourth-order valence-electron chi connectivity index (χ4n) is 1.36. The van der Waals surface area contributed by atoms with Gasteiger partial charge in [-0.2, -0.15) is 0 Å². The highest BCUT2D eigenvalue weighted by Crippen LogP contribution is 2.09. The van der Waals surface area contributed by atoms with Crippen LogP contribution in [-0.4, -0.2) is 24.0 Å². The molecule has 0 radical (unpaired) electrons. The molecule has 0 aliphatic heterocycles. The summed E-state index contributed by atoms with van der Waals surface area (Å²) in [5.41, 5.74) is 1.04. The maximum atomic E-state index is 11.2. The number of carbonyl (C=O) groups is 2. The Kier molecular flexibility index (Phi) is 5.71. The van der Waals surface area contributed by atoms with Gasteiger partial charge in [0, 0.05) is 12.6 Å². The number of nitrogens with zero attached hydrogens (tertiary/aromatic N) is 1. The molecule has 1 rings (SSSR count). The molecule has 5 heteroatoms. The summed E-state index contributed by atoms with van der Waals surface area (Å²) in [4.78, 5) is 25.4. The van der Waals surface area contributed by atoms with Crippen LogP contribution in [0.25, 0.3) is 0 Å². The van der Waals surface area contributed by atoms with E-state index in [4.69, 9.17) is 4.74 Å². The molecule has 0 aliphatic carbocycles. The average molecular weight is 236 g/mol. The van der Waals surface area contributed by atoms with Crippen molar-refractivity contribution in [2.75, 3.05) is 11.9 Å². The molecule has 1 aromatic rings. The largest absolute Gasteiger partial charge is 0.450 e. The molecule has 1 N–H and O–H groups in total. The summed E-state index contributed by atoms with van der Waals surface area (Å²) in [5, 5.41) is 2.53. The van der Waals surface area contributed by atoms with Gasteiger partial charge in [0.25, 0.3) is 0 Å². The smallest absolute Gasteiger partial charge is 0.412 e. The van der Waals surface area contributed by atoms with Crippen LogP contribution in [0.5, 0.6) is 0 Å². The number of nitrogens with one attached hydrogen (secondary N) is 1. The van der Waals surface area contributed by atoms with E-state index in [1.165, 1.54) is 0 Å². The van der Waals surface area contributed by atoms with Gasteiger partial charge >= 0.3 is 6.09 Å². The lowest BCUT2D eigenvalue weighted by Crippen LogP contribution is -2.14. The van der Waals surface area contributed by atoms with Crippen molar-refractivity contribution < 1.29 is 14.3 Å². The van der Waals surface area contributed by atoms with Crippen LogP contribution in [0.3, 0.4) is 0 Å². The lowest BCUT2D eigenvalue weighted by Gasteiger charge is -2.05. The molecule has 0 fully saturated rings. The second-order valence-electron chi connectivity index (χ2n) is 3.45.